The van der Waals surface area contributed by atoms with Gasteiger partial charge in [-0.2, -0.15) is 0 Å². The predicted molar refractivity (Wildman–Crippen MR) is 102 cm³/mol. The monoisotopic (exact) mass is 364 g/mol. The molecule has 1 N–H and O–H groups in total. The molecule has 27 heavy (non-hydrogen) atoms. The van der Waals surface area contributed by atoms with Crippen molar-refractivity contribution in [3.05, 3.63) is 88.6 Å². The summed E-state index contributed by atoms with van der Waals surface area (Å²) >= 11 is 0. The first-order valence-electron chi connectivity index (χ1n) is 9.10. The molecule has 0 bridgehead atoms. The lowest BCUT2D eigenvalue weighted by atomic mass is 9.94. The first-order valence-corrected chi connectivity index (χ1v) is 9.10. The minimum Gasteiger partial charge on any atom is -0.487 e. The van der Waals surface area contributed by atoms with Crippen LogP contribution >= 0.6 is 0 Å². The molecule has 2 aliphatic heterocycles. The number of nitrogens with one attached hydrogen (secondary N) is 1. The SMILES string of the molecule is CCNC(=O)c1cc(CN2C=C3OCc4ccccc4C3=CC2)ccc1F. The summed E-state index contributed by atoms with van der Waals surface area (Å²) < 4.78 is 19.9. The number of carbonyl (C=O) groups is 1. The van der Waals surface area contributed by atoms with Crippen LogP contribution in [0.1, 0.15) is 34.0 Å². The topological polar surface area (TPSA) is 41.6 Å². The van der Waals surface area contributed by atoms with Gasteiger partial charge < -0.3 is 15.0 Å². The van der Waals surface area contributed by atoms with Gasteiger partial charge in [-0.25, -0.2) is 4.39 Å². The maximum absolute atomic E-state index is 14.0. The number of fused-ring (bicyclic) bond motifs is 3. The molecule has 0 aromatic heterocycles. The van der Waals surface area contributed by atoms with Gasteiger partial charge in [0.1, 0.15) is 18.2 Å². The summed E-state index contributed by atoms with van der Waals surface area (Å²) in [6.45, 7) is 4.14. The zero-order chi connectivity index (χ0) is 18.8. The lowest BCUT2D eigenvalue weighted by molar-refractivity contribution is 0.0951. The smallest absolute Gasteiger partial charge is 0.254 e. The second kappa shape index (κ2) is 7.27. The quantitative estimate of drug-likeness (QED) is 0.896. The highest BCUT2D eigenvalue weighted by Crippen LogP contribution is 2.35. The maximum Gasteiger partial charge on any atom is 0.254 e. The van der Waals surface area contributed by atoms with Crippen LogP contribution in [0, 0.1) is 5.82 Å². The molecular formula is C22H21FN2O2. The van der Waals surface area contributed by atoms with Crippen LogP contribution in [0.25, 0.3) is 5.57 Å². The summed E-state index contributed by atoms with van der Waals surface area (Å²) in [5, 5.41) is 2.65. The van der Waals surface area contributed by atoms with E-state index in [2.05, 4.69) is 28.4 Å². The summed E-state index contributed by atoms with van der Waals surface area (Å²) in [6.07, 6.45) is 4.15. The Morgan fingerprint density at radius 1 is 1.26 bits per heavy atom. The van der Waals surface area contributed by atoms with Gasteiger partial charge in [0.25, 0.3) is 5.91 Å². The normalized spacial score (nSPS) is 15.1. The van der Waals surface area contributed by atoms with E-state index in [1.54, 1.807) is 12.1 Å². The lowest BCUT2D eigenvalue weighted by Crippen LogP contribution is -2.25. The molecule has 4 nitrogen and oxygen atoms in total. The number of rotatable bonds is 4. The van der Waals surface area contributed by atoms with Crippen molar-refractivity contribution in [3.8, 4) is 0 Å². The van der Waals surface area contributed by atoms with Crippen LogP contribution in [0.2, 0.25) is 0 Å². The highest BCUT2D eigenvalue weighted by molar-refractivity contribution is 5.94. The molecule has 2 aromatic carbocycles. The molecule has 0 fully saturated rings. The number of benzene rings is 2. The van der Waals surface area contributed by atoms with Crippen molar-refractivity contribution in [1.29, 1.82) is 0 Å². The van der Waals surface area contributed by atoms with Crippen LogP contribution in [-0.2, 0) is 17.9 Å². The third-order valence-corrected chi connectivity index (χ3v) is 4.78. The van der Waals surface area contributed by atoms with E-state index in [1.807, 2.05) is 25.3 Å². The summed E-state index contributed by atoms with van der Waals surface area (Å²) in [4.78, 5) is 14.1. The number of amides is 1. The summed E-state index contributed by atoms with van der Waals surface area (Å²) in [5.41, 5.74) is 4.49. The van der Waals surface area contributed by atoms with Gasteiger partial charge in [-0.15, -0.1) is 0 Å². The van der Waals surface area contributed by atoms with Crippen molar-refractivity contribution in [1.82, 2.24) is 10.2 Å². The summed E-state index contributed by atoms with van der Waals surface area (Å²) in [6, 6.07) is 12.9. The Kier molecular flexibility index (Phi) is 4.67. The van der Waals surface area contributed by atoms with E-state index < -0.39 is 5.82 Å². The highest BCUT2D eigenvalue weighted by Gasteiger charge is 2.23. The van der Waals surface area contributed by atoms with Crippen LogP contribution in [0.4, 0.5) is 4.39 Å². The molecule has 2 aromatic rings. The van der Waals surface area contributed by atoms with Crippen molar-refractivity contribution in [3.63, 3.8) is 0 Å². The van der Waals surface area contributed by atoms with Crippen LogP contribution in [-0.4, -0.2) is 23.9 Å². The number of nitrogens with zero attached hydrogens (tertiary/aromatic N) is 1. The molecule has 5 heteroatoms. The number of carbonyl (C=O) groups excluding carboxylic acids is 1. The van der Waals surface area contributed by atoms with Gasteiger partial charge in [0.2, 0.25) is 0 Å². The molecule has 0 atom stereocenters. The predicted octanol–water partition coefficient (Wildman–Crippen LogP) is 3.85. The largest absolute Gasteiger partial charge is 0.487 e. The number of hydrogen-bond acceptors (Lipinski definition) is 3. The number of allylic oxidation sites excluding steroid dienone is 1. The molecule has 4 rings (SSSR count). The molecule has 0 aliphatic carbocycles. The van der Waals surface area contributed by atoms with Gasteiger partial charge in [0.05, 0.1) is 5.56 Å². The van der Waals surface area contributed by atoms with E-state index in [1.165, 1.54) is 17.2 Å². The van der Waals surface area contributed by atoms with E-state index in [9.17, 15) is 9.18 Å². The van der Waals surface area contributed by atoms with Gasteiger partial charge in [-0.1, -0.05) is 36.4 Å². The Morgan fingerprint density at radius 2 is 2.11 bits per heavy atom. The lowest BCUT2D eigenvalue weighted by Gasteiger charge is -2.30. The number of hydrogen-bond donors (Lipinski definition) is 1. The van der Waals surface area contributed by atoms with E-state index in [4.69, 9.17) is 4.74 Å². The Hall–Kier alpha value is -3.08. The number of halogens is 1. The fourth-order valence-electron chi connectivity index (χ4n) is 3.46. The van der Waals surface area contributed by atoms with Crippen LogP contribution in [0.15, 0.2) is 60.5 Å². The molecular weight excluding hydrogens is 343 g/mol. The fraction of sp³-hybridized carbons (Fsp3) is 0.227. The molecule has 0 saturated carbocycles. The molecule has 2 aliphatic rings. The first kappa shape index (κ1) is 17.3. The average molecular weight is 364 g/mol. The minimum atomic E-state index is -0.504. The Bertz CT molecular complexity index is 949. The molecule has 0 radical (unpaired) electrons. The minimum absolute atomic E-state index is 0.0816. The van der Waals surface area contributed by atoms with E-state index in [0.29, 0.717) is 19.7 Å². The van der Waals surface area contributed by atoms with Crippen molar-refractivity contribution in [2.24, 2.45) is 0 Å². The first-order chi connectivity index (χ1) is 13.2. The van der Waals surface area contributed by atoms with E-state index in [0.717, 1.165) is 23.4 Å². The van der Waals surface area contributed by atoms with Crippen molar-refractivity contribution in [2.75, 3.05) is 13.1 Å². The zero-order valence-electron chi connectivity index (χ0n) is 15.2. The van der Waals surface area contributed by atoms with Crippen molar-refractivity contribution >= 4 is 11.5 Å². The molecule has 138 valence electrons. The van der Waals surface area contributed by atoms with Crippen molar-refractivity contribution < 1.29 is 13.9 Å². The molecule has 0 unspecified atom stereocenters. The summed E-state index contributed by atoms with van der Waals surface area (Å²) in [5.74, 6) is -0.0367. The van der Waals surface area contributed by atoms with Crippen LogP contribution < -0.4 is 5.32 Å². The number of ether oxygens (including phenoxy) is 1. The molecule has 0 spiro atoms. The molecule has 2 heterocycles. The Morgan fingerprint density at radius 3 is 2.96 bits per heavy atom. The van der Waals surface area contributed by atoms with E-state index in [-0.39, 0.29) is 11.5 Å². The third-order valence-electron chi connectivity index (χ3n) is 4.78. The van der Waals surface area contributed by atoms with Crippen molar-refractivity contribution in [2.45, 2.75) is 20.1 Å². The second-order valence-corrected chi connectivity index (χ2v) is 6.66. The van der Waals surface area contributed by atoms with E-state index >= 15 is 0 Å². The molecule has 0 saturated heterocycles. The maximum atomic E-state index is 14.0. The fourth-order valence-corrected chi connectivity index (χ4v) is 3.46. The molecule has 1 amide bonds. The van der Waals surface area contributed by atoms with Gasteiger partial charge in [0.15, 0.2) is 0 Å². The van der Waals surface area contributed by atoms with Gasteiger partial charge >= 0.3 is 0 Å². The van der Waals surface area contributed by atoms with Crippen LogP contribution in [0.3, 0.4) is 0 Å². The highest BCUT2D eigenvalue weighted by atomic mass is 19.1. The Labute approximate surface area is 157 Å². The summed E-state index contributed by atoms with van der Waals surface area (Å²) in [7, 11) is 0. The third kappa shape index (κ3) is 3.45. The standard InChI is InChI=1S/C22H21FN2O2/c1-2-24-22(26)19-11-15(7-8-20(19)23)12-25-10-9-18-17-6-4-3-5-16(17)14-27-21(18)13-25/h3-9,11,13H,2,10,12,14H2,1H3,(H,24,26). The second-order valence-electron chi connectivity index (χ2n) is 6.66. The van der Waals surface area contributed by atoms with Crippen LogP contribution in [0.5, 0.6) is 0 Å². The van der Waals surface area contributed by atoms with Gasteiger partial charge in [-0.3, -0.25) is 4.79 Å². The van der Waals surface area contributed by atoms with Gasteiger partial charge in [-0.05, 0) is 35.7 Å². The average Bonchev–Trinajstić information content (AvgIpc) is 2.69. The van der Waals surface area contributed by atoms with Gasteiger partial charge in [0, 0.05) is 31.4 Å². The zero-order valence-corrected chi connectivity index (χ0v) is 15.2. The Balaban J connectivity index is 1.53.